The minimum atomic E-state index is -4.96. The molecule has 4 N–H and O–H groups in total. The molecule has 5 atom stereocenters. The van der Waals surface area contributed by atoms with Crippen molar-refractivity contribution in [3.63, 3.8) is 0 Å². The van der Waals surface area contributed by atoms with Crippen LogP contribution in [-0.2, 0) is 55.8 Å². The maximum Gasteiger partial charge on any atom is 0.472 e. The van der Waals surface area contributed by atoms with Crippen LogP contribution in [0.25, 0.3) is 0 Å². The van der Waals surface area contributed by atoms with Crippen LogP contribution in [0.5, 0.6) is 0 Å². The van der Waals surface area contributed by atoms with Gasteiger partial charge in [0.2, 0.25) is 0 Å². The Morgan fingerprint density at radius 1 is 0.252 bits per heavy atom. The standard InChI is InChI=1S/C97H164O16P2/c1-4-7-10-13-16-19-22-25-28-31-34-37-39-41-43-44-45-46-48-50-51-54-56-59-62-65-68-71-74-77-80-83-95(100)107-86-92(98)87-109-114(103,104)110-88-93(99)89-111-115(105,106)112-91-94(113-97(102)85-82-79-76-73-70-67-64-61-58-53-36-33-30-27-24-21-18-15-12-9-6-3)90-108-96(101)84-81-78-75-72-69-66-63-60-57-55-52-49-47-42-40-38-35-32-29-26-23-20-17-14-11-8-5-2/h9,12,16-21,25-30,34-38,41-43,47,53,61,64,70,73,92-94,98-99H,4-8,10-11,13-15,22-24,31-33,39-40,44-46,48-52,54-60,62-63,65-69,71-72,74-91H2,1-3H3,(H,103,104)(H,105,106)/b12-9-,19-16-,20-17-,21-18-,28-25-,29-26-,30-27-,37-34-,38-35-,43-41-,47-42-,53-36-,64-61-,73-70-. The molecule has 0 aliphatic carbocycles. The summed E-state index contributed by atoms with van der Waals surface area (Å²) in [6.45, 7) is 2.49. The molecule has 0 rings (SSSR count). The highest BCUT2D eigenvalue weighted by atomic mass is 31.2. The van der Waals surface area contributed by atoms with Gasteiger partial charge in [0.1, 0.15) is 25.4 Å². The average molecular weight is 1650 g/mol. The molecule has 0 aromatic heterocycles. The third kappa shape index (κ3) is 89.5. The van der Waals surface area contributed by atoms with Crippen LogP contribution in [-0.4, -0.2) is 95.9 Å². The van der Waals surface area contributed by atoms with Gasteiger partial charge < -0.3 is 34.2 Å². The van der Waals surface area contributed by atoms with E-state index in [1.807, 2.05) is 0 Å². The molecular formula is C97H164O16P2. The molecule has 0 aliphatic rings. The largest absolute Gasteiger partial charge is 0.472 e. The summed E-state index contributed by atoms with van der Waals surface area (Å²) in [5.74, 6) is -1.63. The highest BCUT2D eigenvalue weighted by molar-refractivity contribution is 7.47. The van der Waals surface area contributed by atoms with E-state index in [2.05, 4.69) is 191 Å². The summed E-state index contributed by atoms with van der Waals surface area (Å²) >= 11 is 0. The molecule has 658 valence electrons. The molecule has 0 bridgehead atoms. The van der Waals surface area contributed by atoms with Gasteiger partial charge in [-0.15, -0.1) is 0 Å². The van der Waals surface area contributed by atoms with Gasteiger partial charge in [-0.2, -0.15) is 0 Å². The van der Waals surface area contributed by atoms with Crippen molar-refractivity contribution in [3.8, 4) is 0 Å². The number of aliphatic hydroxyl groups excluding tert-OH is 2. The fraction of sp³-hybridized carbons (Fsp3) is 0.680. The van der Waals surface area contributed by atoms with Gasteiger partial charge in [0.25, 0.3) is 0 Å². The number of carbonyl (C=O) groups is 3. The molecular weight excluding hydrogens is 1480 g/mol. The number of unbranched alkanes of at least 4 members (excludes halogenated alkanes) is 34. The van der Waals surface area contributed by atoms with Crippen LogP contribution in [0.2, 0.25) is 0 Å². The molecule has 0 aromatic rings. The number of allylic oxidation sites excluding steroid dienone is 28. The fourth-order valence-electron chi connectivity index (χ4n) is 12.0. The van der Waals surface area contributed by atoms with Gasteiger partial charge in [-0.3, -0.25) is 32.5 Å². The number of aliphatic hydroxyl groups is 2. The Morgan fingerprint density at radius 3 is 0.748 bits per heavy atom. The number of hydrogen-bond donors (Lipinski definition) is 4. The Morgan fingerprint density at radius 2 is 0.461 bits per heavy atom. The summed E-state index contributed by atoms with van der Waals surface area (Å²) in [4.78, 5) is 58.9. The van der Waals surface area contributed by atoms with Gasteiger partial charge in [-0.1, -0.05) is 358 Å². The number of phosphoric ester groups is 2. The summed E-state index contributed by atoms with van der Waals surface area (Å²) in [5, 5.41) is 20.7. The second-order valence-corrected chi connectivity index (χ2v) is 32.9. The average Bonchev–Trinajstić information content (AvgIpc) is 0.880. The molecule has 0 aromatic carbocycles. The molecule has 0 spiro atoms. The van der Waals surface area contributed by atoms with E-state index in [4.69, 9.17) is 32.3 Å². The summed E-state index contributed by atoms with van der Waals surface area (Å²) in [7, 11) is -9.83. The topological polar surface area (TPSA) is 231 Å². The van der Waals surface area contributed by atoms with Gasteiger partial charge in [0.05, 0.1) is 26.4 Å². The van der Waals surface area contributed by atoms with Crippen LogP contribution in [0.3, 0.4) is 0 Å². The van der Waals surface area contributed by atoms with Crippen molar-refractivity contribution in [2.24, 2.45) is 0 Å². The fourth-order valence-corrected chi connectivity index (χ4v) is 13.6. The number of carbonyl (C=O) groups excluding carboxylic acids is 3. The van der Waals surface area contributed by atoms with Crippen molar-refractivity contribution in [1.82, 2.24) is 0 Å². The number of hydrogen-bond acceptors (Lipinski definition) is 14. The first-order chi connectivity index (χ1) is 56.2. The molecule has 0 heterocycles. The van der Waals surface area contributed by atoms with Crippen LogP contribution < -0.4 is 0 Å². The lowest BCUT2D eigenvalue weighted by Crippen LogP contribution is -2.30. The number of rotatable bonds is 85. The first kappa shape index (κ1) is 110. The van der Waals surface area contributed by atoms with Crippen LogP contribution in [0, 0.1) is 0 Å². The Kier molecular flexibility index (Phi) is 84.3. The van der Waals surface area contributed by atoms with Crippen molar-refractivity contribution in [2.45, 2.75) is 386 Å². The van der Waals surface area contributed by atoms with E-state index in [-0.39, 0.29) is 19.3 Å². The van der Waals surface area contributed by atoms with E-state index >= 15 is 0 Å². The Labute approximate surface area is 701 Å². The predicted molar refractivity (Wildman–Crippen MR) is 482 cm³/mol. The third-order valence-electron chi connectivity index (χ3n) is 18.9. The smallest absolute Gasteiger partial charge is 0.463 e. The molecule has 115 heavy (non-hydrogen) atoms. The zero-order valence-corrected chi connectivity index (χ0v) is 74.2. The van der Waals surface area contributed by atoms with Crippen LogP contribution in [0.1, 0.15) is 367 Å². The highest BCUT2D eigenvalue weighted by Crippen LogP contribution is 2.45. The first-order valence-corrected chi connectivity index (χ1v) is 48.4. The lowest BCUT2D eigenvalue weighted by molar-refractivity contribution is -0.161. The van der Waals surface area contributed by atoms with Crippen LogP contribution >= 0.6 is 15.6 Å². The lowest BCUT2D eigenvalue weighted by Gasteiger charge is -2.21. The zero-order chi connectivity index (χ0) is 83.6. The molecule has 0 amide bonds. The Hall–Kier alpha value is -5.09. The van der Waals surface area contributed by atoms with Crippen molar-refractivity contribution >= 4 is 33.6 Å². The molecule has 0 radical (unpaired) electrons. The van der Waals surface area contributed by atoms with Crippen molar-refractivity contribution in [3.05, 3.63) is 170 Å². The highest BCUT2D eigenvalue weighted by Gasteiger charge is 2.29. The molecule has 0 aliphatic heterocycles. The summed E-state index contributed by atoms with van der Waals surface area (Å²) in [6.07, 6.45) is 114. The first-order valence-electron chi connectivity index (χ1n) is 45.4. The van der Waals surface area contributed by atoms with Gasteiger partial charge >= 0.3 is 33.6 Å². The Balaban J connectivity index is 4.63. The van der Waals surface area contributed by atoms with Gasteiger partial charge in [0.15, 0.2) is 6.10 Å². The number of ether oxygens (including phenoxy) is 3. The minimum Gasteiger partial charge on any atom is -0.463 e. The third-order valence-corrected chi connectivity index (χ3v) is 20.8. The predicted octanol–water partition coefficient (Wildman–Crippen LogP) is 27.9. The maximum absolute atomic E-state index is 13.0. The summed E-state index contributed by atoms with van der Waals surface area (Å²) < 4.78 is 61.4. The molecule has 0 fully saturated rings. The van der Waals surface area contributed by atoms with Crippen molar-refractivity contribution in [2.75, 3.05) is 39.6 Å². The second-order valence-electron chi connectivity index (χ2n) is 30.0. The van der Waals surface area contributed by atoms with E-state index < -0.39 is 91.5 Å². The number of phosphoric acid groups is 2. The minimum absolute atomic E-state index is 0.0438. The summed E-state index contributed by atoms with van der Waals surface area (Å²) in [6, 6.07) is 0. The molecule has 0 saturated heterocycles. The summed E-state index contributed by atoms with van der Waals surface area (Å²) in [5.41, 5.74) is 0. The van der Waals surface area contributed by atoms with Crippen LogP contribution in [0.15, 0.2) is 170 Å². The SMILES string of the molecule is CC/C=C\C/C=C\C/C=C\C/C=C\C/C=C\C/C=C\CCCCC(=O)OC(COC(=O)CCCCCCCCCCCCC/C=C\C/C=C\C/C=C\C/C=C\CCCCC)COP(=O)(O)OCC(O)COP(=O)(O)OCC(O)COC(=O)CCCCCCCCCCCCCCCCC/C=C\C/C=C\C/C=C\C/C=C\CCCCC. The van der Waals surface area contributed by atoms with E-state index in [1.165, 1.54) is 167 Å². The van der Waals surface area contributed by atoms with Gasteiger partial charge in [-0.05, 0) is 161 Å². The van der Waals surface area contributed by atoms with E-state index in [1.54, 1.807) is 0 Å². The second kappa shape index (κ2) is 88.2. The van der Waals surface area contributed by atoms with Gasteiger partial charge in [0, 0.05) is 19.3 Å². The van der Waals surface area contributed by atoms with Crippen molar-refractivity contribution < 1.29 is 75.8 Å². The monoisotopic (exact) mass is 1650 g/mol. The molecule has 18 heteroatoms. The quantitative estimate of drug-likeness (QED) is 0.0146. The van der Waals surface area contributed by atoms with Crippen molar-refractivity contribution in [1.29, 1.82) is 0 Å². The van der Waals surface area contributed by atoms with Gasteiger partial charge in [-0.25, -0.2) is 9.13 Å². The number of esters is 3. The molecule has 16 nitrogen and oxygen atoms in total. The molecule has 5 unspecified atom stereocenters. The van der Waals surface area contributed by atoms with Crippen LogP contribution in [0.4, 0.5) is 0 Å². The molecule has 0 saturated carbocycles. The maximum atomic E-state index is 13.0. The zero-order valence-electron chi connectivity index (χ0n) is 72.4. The normalized spacial score (nSPS) is 14.6. The lowest BCUT2D eigenvalue weighted by atomic mass is 10.0. The van der Waals surface area contributed by atoms with E-state index in [0.29, 0.717) is 25.7 Å². The van der Waals surface area contributed by atoms with E-state index in [0.717, 1.165) is 135 Å². The van der Waals surface area contributed by atoms with E-state index in [9.17, 15) is 43.5 Å². The Bertz CT molecular complexity index is 2770.